The van der Waals surface area contributed by atoms with Gasteiger partial charge >= 0.3 is 0 Å². The molecule has 1 aliphatic rings. The van der Waals surface area contributed by atoms with Crippen LogP contribution in [0.4, 0.5) is 8.78 Å². The summed E-state index contributed by atoms with van der Waals surface area (Å²) in [5.41, 5.74) is 0.0799. The highest BCUT2D eigenvalue weighted by Crippen LogP contribution is 2.21. The molecule has 0 radical (unpaired) electrons. The predicted octanol–water partition coefficient (Wildman–Crippen LogP) is 2.13. The molecule has 1 aliphatic heterocycles. The minimum Gasteiger partial charge on any atom is -0.473 e. The maximum absolute atomic E-state index is 13.3. The Morgan fingerprint density at radius 2 is 2.00 bits per heavy atom. The number of piperidine rings is 1. The molecule has 6 nitrogen and oxygen atoms in total. The SMILES string of the molecule is O=S(=O)(Cc1cc(F)cc(F)c1)N1CCCC(Oc2ccncn2)C1. The molecule has 0 N–H and O–H groups in total. The van der Waals surface area contributed by atoms with E-state index in [0.717, 1.165) is 12.1 Å². The van der Waals surface area contributed by atoms with E-state index < -0.39 is 27.4 Å². The maximum atomic E-state index is 13.3. The molecule has 1 aromatic carbocycles. The number of ether oxygens (including phenoxy) is 1. The smallest absolute Gasteiger partial charge is 0.218 e. The number of sulfonamides is 1. The molecule has 134 valence electrons. The van der Waals surface area contributed by atoms with Gasteiger partial charge in [-0.25, -0.2) is 27.2 Å². The molecule has 2 heterocycles. The molecule has 1 unspecified atom stereocenters. The first kappa shape index (κ1) is 17.7. The lowest BCUT2D eigenvalue weighted by molar-refractivity contribution is 0.124. The van der Waals surface area contributed by atoms with Crippen LogP contribution in [0, 0.1) is 11.6 Å². The lowest BCUT2D eigenvalue weighted by Crippen LogP contribution is -2.44. The lowest BCUT2D eigenvalue weighted by atomic mass is 10.1. The van der Waals surface area contributed by atoms with Crippen molar-refractivity contribution < 1.29 is 21.9 Å². The van der Waals surface area contributed by atoms with E-state index in [9.17, 15) is 17.2 Å². The van der Waals surface area contributed by atoms with E-state index in [4.69, 9.17) is 4.74 Å². The van der Waals surface area contributed by atoms with Crippen molar-refractivity contribution in [2.45, 2.75) is 24.7 Å². The standard InChI is InChI=1S/C16H17F2N3O3S/c17-13-6-12(7-14(18)8-13)10-25(22,23)21-5-1-2-15(9-21)24-16-3-4-19-11-20-16/h3-4,6-8,11,15H,1-2,5,9-10H2. The largest absolute Gasteiger partial charge is 0.473 e. The van der Waals surface area contributed by atoms with E-state index >= 15 is 0 Å². The molecule has 25 heavy (non-hydrogen) atoms. The molecule has 1 aromatic heterocycles. The first-order valence-electron chi connectivity index (χ1n) is 7.78. The van der Waals surface area contributed by atoms with Crippen molar-refractivity contribution in [2.75, 3.05) is 13.1 Å². The number of hydrogen-bond donors (Lipinski definition) is 0. The normalized spacial score (nSPS) is 18.9. The Labute approximate surface area is 144 Å². The average molecular weight is 369 g/mol. The third kappa shape index (κ3) is 4.70. The molecule has 0 amide bonds. The fraction of sp³-hybridized carbons (Fsp3) is 0.375. The third-order valence-electron chi connectivity index (χ3n) is 3.85. The van der Waals surface area contributed by atoms with Crippen LogP contribution < -0.4 is 4.74 Å². The molecular formula is C16H17F2N3O3S. The summed E-state index contributed by atoms with van der Waals surface area (Å²) < 4.78 is 58.7. The summed E-state index contributed by atoms with van der Waals surface area (Å²) in [5.74, 6) is -1.67. The minimum absolute atomic E-state index is 0.0799. The quantitative estimate of drug-likeness (QED) is 0.807. The Hall–Kier alpha value is -2.13. The van der Waals surface area contributed by atoms with Crippen LogP contribution in [0.15, 0.2) is 36.8 Å². The fourth-order valence-electron chi connectivity index (χ4n) is 2.77. The summed E-state index contributed by atoms with van der Waals surface area (Å²) in [6.45, 7) is 0.522. The van der Waals surface area contributed by atoms with Gasteiger partial charge in [-0.15, -0.1) is 0 Å². The van der Waals surface area contributed by atoms with Gasteiger partial charge in [0.15, 0.2) is 0 Å². The molecule has 0 spiro atoms. The second kappa shape index (κ2) is 7.40. The minimum atomic E-state index is -3.71. The zero-order valence-electron chi connectivity index (χ0n) is 13.3. The van der Waals surface area contributed by atoms with Crippen molar-refractivity contribution in [2.24, 2.45) is 0 Å². The maximum Gasteiger partial charge on any atom is 0.218 e. The van der Waals surface area contributed by atoms with E-state index in [-0.39, 0.29) is 18.2 Å². The van der Waals surface area contributed by atoms with Crippen LogP contribution in [-0.2, 0) is 15.8 Å². The van der Waals surface area contributed by atoms with Crippen LogP contribution in [0.2, 0.25) is 0 Å². The molecular weight excluding hydrogens is 352 g/mol. The fourth-order valence-corrected chi connectivity index (χ4v) is 4.34. The number of benzene rings is 1. The summed E-state index contributed by atoms with van der Waals surface area (Å²) >= 11 is 0. The van der Waals surface area contributed by atoms with Crippen molar-refractivity contribution in [3.8, 4) is 5.88 Å². The van der Waals surface area contributed by atoms with Crippen molar-refractivity contribution >= 4 is 10.0 Å². The second-order valence-electron chi connectivity index (χ2n) is 5.82. The zero-order chi connectivity index (χ0) is 17.9. The summed E-state index contributed by atoms with van der Waals surface area (Å²) in [5, 5.41) is 0. The highest BCUT2D eigenvalue weighted by molar-refractivity contribution is 7.88. The van der Waals surface area contributed by atoms with Crippen LogP contribution in [0.1, 0.15) is 18.4 Å². The monoisotopic (exact) mass is 369 g/mol. The van der Waals surface area contributed by atoms with Gasteiger partial charge in [-0.05, 0) is 30.5 Å². The Kier molecular flexibility index (Phi) is 5.24. The van der Waals surface area contributed by atoms with Crippen molar-refractivity contribution in [3.63, 3.8) is 0 Å². The van der Waals surface area contributed by atoms with Crippen LogP contribution in [-0.4, -0.2) is 41.9 Å². The molecule has 0 bridgehead atoms. The first-order valence-corrected chi connectivity index (χ1v) is 9.39. The van der Waals surface area contributed by atoms with Crippen molar-refractivity contribution in [1.82, 2.24) is 14.3 Å². The first-order chi connectivity index (χ1) is 11.9. The van der Waals surface area contributed by atoms with E-state index in [1.807, 2.05) is 0 Å². The topological polar surface area (TPSA) is 72.4 Å². The lowest BCUT2D eigenvalue weighted by Gasteiger charge is -2.31. The summed E-state index contributed by atoms with van der Waals surface area (Å²) in [6, 6.07) is 4.37. The zero-order valence-corrected chi connectivity index (χ0v) is 14.1. The molecule has 9 heteroatoms. The molecule has 1 atom stereocenters. The number of rotatable bonds is 5. The van der Waals surface area contributed by atoms with Crippen LogP contribution in [0.5, 0.6) is 5.88 Å². The highest BCUT2D eigenvalue weighted by atomic mass is 32.2. The summed E-state index contributed by atoms with van der Waals surface area (Å²) in [6.07, 6.45) is 3.89. The number of nitrogens with zero attached hydrogens (tertiary/aromatic N) is 3. The molecule has 2 aromatic rings. The number of halogens is 2. The van der Waals surface area contributed by atoms with Gasteiger partial charge in [0.2, 0.25) is 15.9 Å². The Bertz CT molecular complexity index is 814. The van der Waals surface area contributed by atoms with Gasteiger partial charge in [0, 0.05) is 24.9 Å². The number of hydrogen-bond acceptors (Lipinski definition) is 5. The Balaban J connectivity index is 1.69. The van der Waals surface area contributed by atoms with E-state index in [0.29, 0.717) is 31.3 Å². The van der Waals surface area contributed by atoms with Crippen molar-refractivity contribution in [3.05, 3.63) is 54.0 Å². The Morgan fingerprint density at radius 3 is 2.68 bits per heavy atom. The van der Waals surface area contributed by atoms with E-state index in [1.165, 1.54) is 16.8 Å². The highest BCUT2D eigenvalue weighted by Gasteiger charge is 2.30. The second-order valence-corrected chi connectivity index (χ2v) is 7.79. The van der Waals surface area contributed by atoms with Crippen molar-refractivity contribution in [1.29, 1.82) is 0 Å². The average Bonchev–Trinajstić information content (AvgIpc) is 2.54. The van der Waals surface area contributed by atoms with Crippen LogP contribution >= 0.6 is 0 Å². The van der Waals surface area contributed by atoms with Gasteiger partial charge in [-0.3, -0.25) is 0 Å². The van der Waals surface area contributed by atoms with Gasteiger partial charge in [0.1, 0.15) is 24.1 Å². The van der Waals surface area contributed by atoms with Crippen LogP contribution in [0.25, 0.3) is 0 Å². The molecule has 1 saturated heterocycles. The molecule has 0 saturated carbocycles. The Morgan fingerprint density at radius 1 is 1.24 bits per heavy atom. The van der Waals surface area contributed by atoms with Crippen LogP contribution in [0.3, 0.4) is 0 Å². The van der Waals surface area contributed by atoms with E-state index in [1.54, 1.807) is 6.07 Å². The van der Waals surface area contributed by atoms with Gasteiger partial charge < -0.3 is 4.74 Å². The van der Waals surface area contributed by atoms with Gasteiger partial charge in [-0.2, -0.15) is 4.31 Å². The predicted molar refractivity (Wildman–Crippen MR) is 86.2 cm³/mol. The van der Waals surface area contributed by atoms with Gasteiger partial charge in [0.25, 0.3) is 0 Å². The summed E-state index contributed by atoms with van der Waals surface area (Å²) in [7, 11) is -3.71. The molecule has 0 aliphatic carbocycles. The molecule has 1 fully saturated rings. The number of aromatic nitrogens is 2. The molecule has 3 rings (SSSR count). The third-order valence-corrected chi connectivity index (χ3v) is 5.66. The van der Waals surface area contributed by atoms with Gasteiger partial charge in [-0.1, -0.05) is 0 Å². The van der Waals surface area contributed by atoms with E-state index in [2.05, 4.69) is 9.97 Å². The van der Waals surface area contributed by atoms with Gasteiger partial charge in [0.05, 0.1) is 12.3 Å². The summed E-state index contributed by atoms with van der Waals surface area (Å²) in [4.78, 5) is 7.76.